The maximum atomic E-state index is 9.95. The smallest absolute Gasteiger partial charge is 0.309 e. The molecule has 0 aliphatic carbocycles. The van der Waals surface area contributed by atoms with E-state index in [1.807, 2.05) is 24.3 Å². The summed E-state index contributed by atoms with van der Waals surface area (Å²) >= 11 is 0. The topological polar surface area (TPSA) is 54.9 Å². The molecular weight excluding hydrogens is 178 g/mol. The number of nitrogens with zero attached hydrogens (tertiary/aromatic N) is 2. The highest BCUT2D eigenvalue weighted by atomic mass is 16.1. The monoisotopic (exact) mass is 186 g/mol. The van der Waals surface area contributed by atoms with Crippen LogP contribution in [-0.4, -0.2) is 16.4 Å². The van der Waals surface area contributed by atoms with E-state index in [1.165, 1.54) is 0 Å². The van der Waals surface area contributed by atoms with E-state index in [2.05, 4.69) is 15.3 Å². The van der Waals surface area contributed by atoms with E-state index in [1.54, 1.807) is 12.6 Å². The van der Waals surface area contributed by atoms with Crippen molar-refractivity contribution in [3.63, 3.8) is 0 Å². The fraction of sp³-hybridized carbons (Fsp3) is 0.100. The Labute approximate surface area is 81.0 Å². The third kappa shape index (κ3) is 1.69. The molecule has 2 rings (SSSR count). The van der Waals surface area contributed by atoms with Crippen LogP contribution in [0.5, 0.6) is 0 Å². The lowest BCUT2D eigenvalue weighted by Gasteiger charge is -1.99. The molecule has 0 fully saturated rings. The minimum absolute atomic E-state index is 0.314. The van der Waals surface area contributed by atoms with Crippen LogP contribution in [0.1, 0.15) is 5.82 Å². The van der Waals surface area contributed by atoms with Crippen molar-refractivity contribution in [2.24, 2.45) is 0 Å². The van der Waals surface area contributed by atoms with Crippen molar-refractivity contribution in [1.82, 2.24) is 15.3 Å². The number of hydrogen-bond acceptors (Lipinski definition) is 3. The van der Waals surface area contributed by atoms with Crippen molar-refractivity contribution in [1.29, 1.82) is 0 Å². The zero-order chi connectivity index (χ0) is 9.80. The van der Waals surface area contributed by atoms with E-state index in [0.29, 0.717) is 12.4 Å². The molecule has 14 heavy (non-hydrogen) atoms. The first kappa shape index (κ1) is 8.62. The van der Waals surface area contributed by atoms with Crippen molar-refractivity contribution in [2.75, 3.05) is 0 Å². The largest absolute Gasteiger partial charge is 0.341 e. The molecule has 1 aromatic heterocycles. The van der Waals surface area contributed by atoms with Crippen molar-refractivity contribution in [3.05, 3.63) is 36.3 Å². The zero-order valence-electron chi connectivity index (χ0n) is 7.40. The first-order valence-corrected chi connectivity index (χ1v) is 4.21. The minimum Gasteiger partial charge on any atom is -0.341 e. The van der Waals surface area contributed by atoms with Crippen molar-refractivity contribution < 1.29 is 4.79 Å². The Morgan fingerprint density at radius 1 is 1.36 bits per heavy atom. The summed E-state index contributed by atoms with van der Waals surface area (Å²) in [5, 5.41) is 3.39. The summed E-state index contributed by atoms with van der Waals surface area (Å²) in [6.45, 7) is 0.314. The second-order valence-electron chi connectivity index (χ2n) is 2.80. The van der Waals surface area contributed by atoms with E-state index in [9.17, 15) is 4.79 Å². The molecule has 0 atom stereocenters. The number of benzene rings is 1. The molecule has 0 aliphatic rings. The fourth-order valence-electron chi connectivity index (χ4n) is 1.21. The van der Waals surface area contributed by atoms with Crippen LogP contribution in [0, 0.1) is 0 Å². The van der Waals surface area contributed by atoms with Gasteiger partial charge >= 0.3 is 6.41 Å². The molecule has 4 heteroatoms. The molecule has 0 spiro atoms. The van der Waals surface area contributed by atoms with Gasteiger partial charge in [-0.25, -0.2) is 9.97 Å². The van der Waals surface area contributed by atoms with Gasteiger partial charge in [-0.15, -0.1) is 0 Å². The average Bonchev–Trinajstić information content (AvgIpc) is 2.26. The highest BCUT2D eigenvalue weighted by Crippen LogP contribution is 2.08. The van der Waals surface area contributed by atoms with Crippen LogP contribution in [0.3, 0.4) is 0 Å². The number of rotatable bonds is 3. The van der Waals surface area contributed by atoms with Gasteiger partial charge in [-0.3, -0.25) is 4.79 Å². The van der Waals surface area contributed by atoms with Gasteiger partial charge in [0.15, 0.2) is 0 Å². The molecule has 0 saturated heterocycles. The molecule has 1 amide bonds. The van der Waals surface area contributed by atoms with E-state index >= 15 is 0 Å². The molecular formula is C10H8N3O. The van der Waals surface area contributed by atoms with Crippen molar-refractivity contribution in [3.8, 4) is 0 Å². The summed E-state index contributed by atoms with van der Waals surface area (Å²) in [4.78, 5) is 18.3. The molecule has 69 valence electrons. The van der Waals surface area contributed by atoms with Crippen molar-refractivity contribution in [2.45, 2.75) is 6.54 Å². The van der Waals surface area contributed by atoms with Gasteiger partial charge in [-0.2, -0.15) is 0 Å². The highest BCUT2D eigenvalue weighted by Gasteiger charge is 1.97. The highest BCUT2D eigenvalue weighted by molar-refractivity contribution is 5.77. The van der Waals surface area contributed by atoms with Crippen LogP contribution >= 0.6 is 0 Å². The van der Waals surface area contributed by atoms with Crippen molar-refractivity contribution >= 4 is 17.3 Å². The van der Waals surface area contributed by atoms with Gasteiger partial charge in [0, 0.05) is 11.6 Å². The second kappa shape index (κ2) is 3.83. The summed E-state index contributed by atoms with van der Waals surface area (Å²) in [5.74, 6) is 0.590. The lowest BCUT2D eigenvalue weighted by Crippen LogP contribution is -2.12. The predicted octanol–water partition coefficient (Wildman–Crippen LogP) is 0.787. The summed E-state index contributed by atoms with van der Waals surface area (Å²) in [5.41, 5.74) is 0.880. The van der Waals surface area contributed by atoms with Crippen LogP contribution < -0.4 is 5.32 Å². The number of fused-ring (bicyclic) bond motifs is 1. The Kier molecular flexibility index (Phi) is 2.36. The van der Waals surface area contributed by atoms with Gasteiger partial charge in [0.25, 0.3) is 0 Å². The van der Waals surface area contributed by atoms with Gasteiger partial charge in [0.2, 0.25) is 0 Å². The average molecular weight is 186 g/mol. The Morgan fingerprint density at radius 2 is 2.21 bits per heavy atom. The minimum atomic E-state index is 0.314. The molecule has 2 aromatic rings. The second-order valence-corrected chi connectivity index (χ2v) is 2.80. The van der Waals surface area contributed by atoms with E-state index in [0.717, 1.165) is 10.9 Å². The lowest BCUT2D eigenvalue weighted by molar-refractivity contribution is 0.540. The van der Waals surface area contributed by atoms with E-state index in [4.69, 9.17) is 0 Å². The van der Waals surface area contributed by atoms with Crippen LogP contribution in [0.15, 0.2) is 30.5 Å². The first-order valence-electron chi connectivity index (χ1n) is 4.21. The summed E-state index contributed by atoms with van der Waals surface area (Å²) in [6.07, 6.45) is 3.32. The summed E-state index contributed by atoms with van der Waals surface area (Å²) in [7, 11) is 0. The summed E-state index contributed by atoms with van der Waals surface area (Å²) in [6, 6.07) is 7.70. The standard InChI is InChI=1S/C10H8N3O/c14-7-11-6-10-12-5-8-3-1-2-4-9(8)13-10/h1-5H,6H2,(H,11,14). The number of carbonyl (C=O) groups excluding carboxylic acids is 1. The molecule has 1 aromatic carbocycles. The van der Waals surface area contributed by atoms with Gasteiger partial charge in [0.05, 0.1) is 12.1 Å². The first-order chi connectivity index (χ1) is 6.90. The van der Waals surface area contributed by atoms with E-state index in [-0.39, 0.29) is 0 Å². The molecule has 0 aliphatic heterocycles. The molecule has 1 heterocycles. The lowest BCUT2D eigenvalue weighted by atomic mass is 10.2. The number of nitrogens with one attached hydrogen (secondary N) is 1. The molecule has 1 radical (unpaired) electrons. The van der Waals surface area contributed by atoms with Crippen LogP contribution in [-0.2, 0) is 11.3 Å². The number of hydrogen-bond donors (Lipinski definition) is 1. The molecule has 4 nitrogen and oxygen atoms in total. The predicted molar refractivity (Wildman–Crippen MR) is 52.1 cm³/mol. The fourth-order valence-corrected chi connectivity index (χ4v) is 1.21. The maximum Gasteiger partial charge on any atom is 0.309 e. The summed E-state index contributed by atoms with van der Waals surface area (Å²) < 4.78 is 0. The Morgan fingerprint density at radius 3 is 3.07 bits per heavy atom. The maximum absolute atomic E-state index is 9.95. The van der Waals surface area contributed by atoms with E-state index < -0.39 is 0 Å². The Bertz CT molecular complexity index is 456. The quantitative estimate of drug-likeness (QED) is 0.721. The number of aromatic nitrogens is 2. The van der Waals surface area contributed by atoms with Gasteiger partial charge in [-0.1, -0.05) is 18.2 Å². The Hall–Kier alpha value is -1.97. The SMILES string of the molecule is O=[C]NCc1ncc2ccccc2n1. The van der Waals surface area contributed by atoms with Gasteiger partial charge < -0.3 is 5.32 Å². The molecule has 0 bridgehead atoms. The normalized spacial score (nSPS) is 10.0. The molecule has 0 saturated carbocycles. The van der Waals surface area contributed by atoms with Crippen LogP contribution in [0.25, 0.3) is 10.9 Å². The Balaban J connectivity index is 2.36. The number of para-hydroxylation sites is 1. The van der Waals surface area contributed by atoms with Crippen LogP contribution in [0.4, 0.5) is 0 Å². The van der Waals surface area contributed by atoms with Gasteiger partial charge in [0.1, 0.15) is 5.82 Å². The zero-order valence-corrected chi connectivity index (χ0v) is 7.40. The molecule has 0 unspecified atom stereocenters. The third-order valence-electron chi connectivity index (χ3n) is 1.86. The van der Waals surface area contributed by atoms with Crippen LogP contribution in [0.2, 0.25) is 0 Å². The molecule has 1 N–H and O–H groups in total. The number of amides is 1. The third-order valence-corrected chi connectivity index (χ3v) is 1.86. The van der Waals surface area contributed by atoms with Gasteiger partial charge in [-0.05, 0) is 6.07 Å².